The summed E-state index contributed by atoms with van der Waals surface area (Å²) in [5, 5.41) is 15.0. The average molecular weight is 280 g/mol. The van der Waals surface area contributed by atoms with Crippen molar-refractivity contribution in [3.8, 4) is 0 Å². The lowest BCUT2D eigenvalue weighted by Gasteiger charge is -2.19. The topological polar surface area (TPSA) is 61.4 Å². The second-order valence-corrected chi connectivity index (χ2v) is 6.42. The number of amides is 2. The molecule has 1 fully saturated rings. The summed E-state index contributed by atoms with van der Waals surface area (Å²) in [6, 6.07) is 0.209. The molecule has 0 aromatic heterocycles. The molecule has 0 spiro atoms. The molecule has 2 rings (SSSR count). The van der Waals surface area contributed by atoms with E-state index in [9.17, 15) is 4.79 Å². The van der Waals surface area contributed by atoms with Gasteiger partial charge in [0.25, 0.3) is 0 Å². The third-order valence-electron chi connectivity index (χ3n) is 4.58. The van der Waals surface area contributed by atoms with Crippen LogP contribution in [0.1, 0.15) is 51.9 Å². The summed E-state index contributed by atoms with van der Waals surface area (Å²) < 4.78 is 0. The Labute approximate surface area is 122 Å². The molecule has 0 aromatic carbocycles. The van der Waals surface area contributed by atoms with Gasteiger partial charge in [0.05, 0.1) is 0 Å². The predicted molar refractivity (Wildman–Crippen MR) is 80.4 cm³/mol. The Bertz CT molecular complexity index is 337. The molecule has 114 valence electrons. The van der Waals surface area contributed by atoms with Gasteiger partial charge in [0.1, 0.15) is 0 Å². The van der Waals surface area contributed by atoms with Crippen LogP contribution in [-0.2, 0) is 0 Å². The van der Waals surface area contributed by atoms with Gasteiger partial charge in [-0.25, -0.2) is 4.79 Å². The lowest BCUT2D eigenvalue weighted by molar-refractivity contribution is 0.228. The van der Waals surface area contributed by atoms with Crippen molar-refractivity contribution < 1.29 is 9.90 Å². The second kappa shape index (κ2) is 7.67. The molecule has 2 aliphatic carbocycles. The van der Waals surface area contributed by atoms with E-state index in [2.05, 4.69) is 17.6 Å². The Morgan fingerprint density at radius 3 is 2.75 bits per heavy atom. The van der Waals surface area contributed by atoms with Gasteiger partial charge in [-0.1, -0.05) is 37.8 Å². The normalized spacial score (nSPS) is 27.7. The average Bonchev–Trinajstić information content (AvgIpc) is 3.06. The number of urea groups is 1. The number of aliphatic hydroxyl groups excluding tert-OH is 1. The van der Waals surface area contributed by atoms with Crippen LogP contribution in [0, 0.1) is 11.8 Å². The minimum absolute atomic E-state index is 0.0641. The Hall–Kier alpha value is -1.03. The zero-order valence-corrected chi connectivity index (χ0v) is 12.5. The lowest BCUT2D eigenvalue weighted by Crippen LogP contribution is -2.44. The van der Waals surface area contributed by atoms with Crippen LogP contribution in [0.2, 0.25) is 0 Å². The highest BCUT2D eigenvalue weighted by Crippen LogP contribution is 2.28. The Morgan fingerprint density at radius 2 is 2.10 bits per heavy atom. The Kier molecular flexibility index (Phi) is 5.89. The molecule has 0 bridgehead atoms. The fraction of sp³-hybridized carbons (Fsp3) is 0.812. The minimum atomic E-state index is -0.0860. The maximum Gasteiger partial charge on any atom is 0.315 e. The van der Waals surface area contributed by atoms with Crippen molar-refractivity contribution in [3.05, 3.63) is 12.2 Å². The molecule has 2 amide bonds. The SMILES string of the molecule is CC(CCC1CCCC1)NC(=O)N[C@@H]1C=C[C@H](CO)C1. The van der Waals surface area contributed by atoms with Crippen LogP contribution in [0.5, 0.6) is 0 Å². The lowest BCUT2D eigenvalue weighted by atomic mass is 9.99. The molecule has 0 saturated heterocycles. The van der Waals surface area contributed by atoms with Crippen molar-refractivity contribution in [1.82, 2.24) is 10.6 Å². The van der Waals surface area contributed by atoms with Gasteiger partial charge in [0.2, 0.25) is 0 Å². The second-order valence-electron chi connectivity index (χ2n) is 6.42. The summed E-state index contributed by atoms with van der Waals surface area (Å²) in [6.45, 7) is 2.24. The molecule has 2 aliphatic rings. The van der Waals surface area contributed by atoms with Crippen LogP contribution < -0.4 is 10.6 Å². The molecule has 3 atom stereocenters. The molecule has 1 saturated carbocycles. The summed E-state index contributed by atoms with van der Waals surface area (Å²) in [5.74, 6) is 1.07. The van der Waals surface area contributed by atoms with Crippen LogP contribution in [-0.4, -0.2) is 29.8 Å². The molecule has 4 heteroatoms. The molecule has 0 aliphatic heterocycles. The summed E-state index contributed by atoms with van der Waals surface area (Å²) in [5.41, 5.74) is 0. The van der Waals surface area contributed by atoms with E-state index in [1.807, 2.05) is 12.2 Å². The number of carbonyl (C=O) groups is 1. The highest BCUT2D eigenvalue weighted by molar-refractivity contribution is 5.74. The monoisotopic (exact) mass is 280 g/mol. The van der Waals surface area contributed by atoms with Crippen LogP contribution in [0.25, 0.3) is 0 Å². The van der Waals surface area contributed by atoms with Gasteiger partial charge in [-0.3, -0.25) is 0 Å². The number of rotatable bonds is 6. The third-order valence-corrected chi connectivity index (χ3v) is 4.58. The van der Waals surface area contributed by atoms with Crippen molar-refractivity contribution in [2.45, 2.75) is 64.0 Å². The van der Waals surface area contributed by atoms with E-state index in [0.29, 0.717) is 0 Å². The quantitative estimate of drug-likeness (QED) is 0.655. The number of hydrogen-bond acceptors (Lipinski definition) is 2. The Balaban J connectivity index is 1.60. The van der Waals surface area contributed by atoms with E-state index >= 15 is 0 Å². The molecule has 1 unspecified atom stereocenters. The first-order valence-corrected chi connectivity index (χ1v) is 8.03. The summed E-state index contributed by atoms with van der Waals surface area (Å²) in [7, 11) is 0. The van der Waals surface area contributed by atoms with Crippen LogP contribution in [0.3, 0.4) is 0 Å². The van der Waals surface area contributed by atoms with E-state index in [1.165, 1.54) is 32.1 Å². The maximum absolute atomic E-state index is 11.9. The third kappa shape index (κ3) is 4.82. The molecule has 4 nitrogen and oxygen atoms in total. The van der Waals surface area contributed by atoms with Crippen molar-refractivity contribution >= 4 is 6.03 Å². The van der Waals surface area contributed by atoms with Crippen molar-refractivity contribution in [2.75, 3.05) is 6.61 Å². The van der Waals surface area contributed by atoms with Gasteiger partial charge < -0.3 is 15.7 Å². The van der Waals surface area contributed by atoms with E-state index in [-0.39, 0.29) is 30.6 Å². The van der Waals surface area contributed by atoms with E-state index in [1.54, 1.807) is 0 Å². The van der Waals surface area contributed by atoms with Gasteiger partial charge in [-0.05, 0) is 32.1 Å². The predicted octanol–water partition coefficient (Wildman–Crippen LogP) is 2.58. The zero-order chi connectivity index (χ0) is 14.4. The van der Waals surface area contributed by atoms with Gasteiger partial charge in [-0.15, -0.1) is 0 Å². The molecule has 0 radical (unpaired) electrons. The first-order valence-electron chi connectivity index (χ1n) is 8.03. The van der Waals surface area contributed by atoms with Crippen molar-refractivity contribution in [1.29, 1.82) is 0 Å². The van der Waals surface area contributed by atoms with Crippen LogP contribution in [0.4, 0.5) is 4.79 Å². The minimum Gasteiger partial charge on any atom is -0.396 e. The highest BCUT2D eigenvalue weighted by Gasteiger charge is 2.21. The molecular formula is C16H28N2O2. The summed E-state index contributed by atoms with van der Waals surface area (Å²) >= 11 is 0. The maximum atomic E-state index is 11.9. The van der Waals surface area contributed by atoms with Gasteiger partial charge >= 0.3 is 6.03 Å². The first-order chi connectivity index (χ1) is 9.67. The number of hydrogen-bond donors (Lipinski definition) is 3. The van der Waals surface area contributed by atoms with Crippen molar-refractivity contribution in [3.63, 3.8) is 0 Å². The molecule has 3 N–H and O–H groups in total. The summed E-state index contributed by atoms with van der Waals surface area (Å²) in [6.07, 6.45) is 12.6. The van der Waals surface area contributed by atoms with Gasteiger partial charge in [0, 0.05) is 24.6 Å². The van der Waals surface area contributed by atoms with E-state index < -0.39 is 0 Å². The molecule has 0 aromatic rings. The fourth-order valence-electron chi connectivity index (χ4n) is 3.31. The number of aliphatic hydroxyl groups is 1. The highest BCUT2D eigenvalue weighted by atomic mass is 16.3. The largest absolute Gasteiger partial charge is 0.396 e. The zero-order valence-electron chi connectivity index (χ0n) is 12.5. The van der Waals surface area contributed by atoms with E-state index in [0.717, 1.165) is 18.8 Å². The molecular weight excluding hydrogens is 252 g/mol. The standard InChI is InChI=1S/C16H28N2O2/c1-12(6-7-13-4-2-3-5-13)17-16(20)18-15-9-8-14(10-15)11-19/h8-9,12-15,19H,2-7,10-11H2,1H3,(H2,17,18,20)/t12?,14-,15+/m0/s1. The van der Waals surface area contributed by atoms with E-state index in [4.69, 9.17) is 5.11 Å². The van der Waals surface area contributed by atoms with Crippen LogP contribution in [0.15, 0.2) is 12.2 Å². The van der Waals surface area contributed by atoms with Crippen molar-refractivity contribution in [2.24, 2.45) is 11.8 Å². The van der Waals surface area contributed by atoms with Gasteiger partial charge in [-0.2, -0.15) is 0 Å². The molecule has 0 heterocycles. The van der Waals surface area contributed by atoms with Crippen LogP contribution >= 0.6 is 0 Å². The first kappa shape index (κ1) is 15.4. The number of carbonyl (C=O) groups excluding carboxylic acids is 1. The smallest absolute Gasteiger partial charge is 0.315 e. The Morgan fingerprint density at radius 1 is 1.35 bits per heavy atom. The molecule has 20 heavy (non-hydrogen) atoms. The van der Waals surface area contributed by atoms with Gasteiger partial charge in [0.15, 0.2) is 0 Å². The fourth-order valence-corrected chi connectivity index (χ4v) is 3.31. The number of nitrogens with one attached hydrogen (secondary N) is 2. The summed E-state index contributed by atoms with van der Waals surface area (Å²) in [4.78, 5) is 11.9.